The van der Waals surface area contributed by atoms with Gasteiger partial charge in [-0.15, -0.1) is 11.6 Å². The van der Waals surface area contributed by atoms with Crippen molar-refractivity contribution in [3.63, 3.8) is 0 Å². The van der Waals surface area contributed by atoms with Gasteiger partial charge in [0.1, 0.15) is 0 Å². The molecule has 0 aromatic rings. The fourth-order valence-electron chi connectivity index (χ4n) is 6.14. The molecule has 10 heteroatoms. The first kappa shape index (κ1) is 23.6. The minimum atomic E-state index is -0.716. The van der Waals surface area contributed by atoms with Gasteiger partial charge in [0, 0.05) is 64.4 Å². The van der Waals surface area contributed by atoms with Gasteiger partial charge in [-0.05, 0) is 25.8 Å². The van der Waals surface area contributed by atoms with E-state index >= 15 is 0 Å². The number of hydrogen-bond acceptors (Lipinski definition) is 8. The van der Waals surface area contributed by atoms with E-state index in [1.54, 1.807) is 0 Å². The van der Waals surface area contributed by atoms with E-state index in [2.05, 4.69) is 37.6 Å². The van der Waals surface area contributed by atoms with E-state index in [4.69, 9.17) is 23.1 Å². The van der Waals surface area contributed by atoms with E-state index in [0.717, 1.165) is 78.2 Å². The van der Waals surface area contributed by atoms with Gasteiger partial charge in [0.2, 0.25) is 5.91 Å². The van der Waals surface area contributed by atoms with Crippen molar-refractivity contribution in [2.75, 3.05) is 58.9 Å². The third-order valence-corrected chi connectivity index (χ3v) is 7.95. The number of piperidine rings is 1. The standard InChI is InChI=1S/C21H41ClN8O/c1-2-15-4-8-29-12-14(22)13-30(15)21(29)18(19(23)24)20(31)27-16-11-26-5-3-17(16)28-9-6-25-7-10-28/h14-19,21,25-26H,2-13,23-24H2,1H3,(H,27,31). The lowest BCUT2D eigenvalue weighted by Gasteiger charge is -2.55. The fourth-order valence-corrected chi connectivity index (χ4v) is 6.48. The van der Waals surface area contributed by atoms with E-state index < -0.39 is 12.1 Å². The molecule has 0 aliphatic carbocycles. The molecule has 4 rings (SSSR count). The number of nitrogens with zero attached hydrogens (tertiary/aromatic N) is 3. The maximum Gasteiger partial charge on any atom is 0.229 e. The van der Waals surface area contributed by atoms with E-state index in [1.165, 1.54) is 0 Å². The van der Waals surface area contributed by atoms with Crippen molar-refractivity contribution >= 4 is 17.5 Å². The number of piperazine rings is 1. The second-order valence-electron chi connectivity index (χ2n) is 9.62. The molecule has 31 heavy (non-hydrogen) atoms. The summed E-state index contributed by atoms with van der Waals surface area (Å²) in [5, 5.41) is 10.3. The Morgan fingerprint density at radius 1 is 1.10 bits per heavy atom. The largest absolute Gasteiger partial charge is 0.350 e. The molecule has 0 aromatic carbocycles. The Labute approximate surface area is 191 Å². The molecule has 2 bridgehead atoms. The number of fused-ring (bicyclic) bond motifs is 2. The molecule has 0 radical (unpaired) electrons. The lowest BCUT2D eigenvalue weighted by molar-refractivity contribution is -0.143. The van der Waals surface area contributed by atoms with Gasteiger partial charge in [-0.2, -0.15) is 0 Å². The minimum absolute atomic E-state index is 0.0198. The first-order valence-corrected chi connectivity index (χ1v) is 12.5. The Morgan fingerprint density at radius 2 is 1.87 bits per heavy atom. The molecule has 4 aliphatic heterocycles. The van der Waals surface area contributed by atoms with E-state index in [9.17, 15) is 4.79 Å². The van der Waals surface area contributed by atoms with Gasteiger partial charge in [-0.1, -0.05) is 6.92 Å². The molecule has 4 aliphatic rings. The molecule has 4 heterocycles. The smallest absolute Gasteiger partial charge is 0.229 e. The van der Waals surface area contributed by atoms with Gasteiger partial charge >= 0.3 is 0 Å². The number of amides is 1. The number of carbonyl (C=O) groups is 1. The van der Waals surface area contributed by atoms with Gasteiger partial charge in [0.15, 0.2) is 0 Å². The molecule has 0 saturated carbocycles. The summed E-state index contributed by atoms with van der Waals surface area (Å²) in [6, 6.07) is 0.836. The Kier molecular flexibility index (Phi) is 8.09. The Hall–Kier alpha value is -0.520. The summed E-state index contributed by atoms with van der Waals surface area (Å²) in [5.41, 5.74) is 12.5. The molecule has 178 valence electrons. The number of nitrogens with one attached hydrogen (secondary N) is 3. The predicted octanol–water partition coefficient (Wildman–Crippen LogP) is -1.67. The summed E-state index contributed by atoms with van der Waals surface area (Å²) < 4.78 is 0. The highest BCUT2D eigenvalue weighted by Gasteiger charge is 2.48. The lowest BCUT2D eigenvalue weighted by Crippen LogP contribution is -2.72. The lowest BCUT2D eigenvalue weighted by atomic mass is 9.89. The van der Waals surface area contributed by atoms with E-state index in [-0.39, 0.29) is 23.5 Å². The van der Waals surface area contributed by atoms with Gasteiger partial charge in [-0.3, -0.25) is 19.5 Å². The molecule has 4 fully saturated rings. The minimum Gasteiger partial charge on any atom is -0.350 e. The molecule has 8 unspecified atom stereocenters. The van der Waals surface area contributed by atoms with Gasteiger partial charge < -0.3 is 27.4 Å². The molecule has 7 N–H and O–H groups in total. The first-order valence-electron chi connectivity index (χ1n) is 12.1. The summed E-state index contributed by atoms with van der Waals surface area (Å²) in [6.07, 6.45) is 2.38. The topological polar surface area (TPSA) is 115 Å². The summed E-state index contributed by atoms with van der Waals surface area (Å²) >= 11 is 6.57. The van der Waals surface area contributed by atoms with Crippen LogP contribution in [0.3, 0.4) is 0 Å². The van der Waals surface area contributed by atoms with Crippen LogP contribution >= 0.6 is 11.6 Å². The monoisotopic (exact) mass is 456 g/mol. The molecule has 0 aromatic heterocycles. The molecule has 4 saturated heterocycles. The zero-order chi connectivity index (χ0) is 22.0. The Balaban J connectivity index is 1.50. The van der Waals surface area contributed by atoms with Gasteiger partial charge in [0.25, 0.3) is 0 Å². The fraction of sp³-hybridized carbons (Fsp3) is 0.952. The molecule has 0 spiro atoms. The summed E-state index contributed by atoms with van der Waals surface area (Å²) in [6.45, 7) is 10.5. The second kappa shape index (κ2) is 10.6. The van der Waals surface area contributed by atoms with E-state index in [1.807, 2.05) is 0 Å². The summed E-state index contributed by atoms with van der Waals surface area (Å²) in [7, 11) is 0. The Morgan fingerprint density at radius 3 is 2.58 bits per heavy atom. The van der Waals surface area contributed by atoms with Crippen molar-refractivity contribution < 1.29 is 4.79 Å². The predicted molar refractivity (Wildman–Crippen MR) is 124 cm³/mol. The summed E-state index contributed by atoms with van der Waals surface area (Å²) in [5.74, 6) is -0.502. The zero-order valence-electron chi connectivity index (χ0n) is 18.8. The number of hydrogen-bond donors (Lipinski definition) is 5. The van der Waals surface area contributed by atoms with Crippen LogP contribution < -0.4 is 27.4 Å². The highest BCUT2D eigenvalue weighted by atomic mass is 35.5. The van der Waals surface area contributed by atoms with E-state index in [0.29, 0.717) is 12.1 Å². The van der Waals surface area contributed by atoms with Gasteiger partial charge in [0.05, 0.1) is 29.7 Å². The van der Waals surface area contributed by atoms with Crippen LogP contribution in [-0.2, 0) is 4.79 Å². The number of nitrogens with two attached hydrogens (primary N) is 2. The number of alkyl halides is 1. The van der Waals surface area contributed by atoms with Crippen molar-refractivity contribution in [2.45, 2.75) is 62.0 Å². The highest BCUT2D eigenvalue weighted by molar-refractivity contribution is 6.21. The van der Waals surface area contributed by atoms with Crippen LogP contribution in [0.15, 0.2) is 0 Å². The molecule has 1 amide bonds. The van der Waals surface area contributed by atoms with Crippen LogP contribution in [0, 0.1) is 5.92 Å². The van der Waals surface area contributed by atoms with Crippen LogP contribution in [0.1, 0.15) is 26.2 Å². The van der Waals surface area contributed by atoms with Crippen molar-refractivity contribution in [1.82, 2.24) is 30.7 Å². The maximum absolute atomic E-state index is 13.7. The third kappa shape index (κ3) is 5.19. The average molecular weight is 457 g/mol. The number of carbonyl (C=O) groups excluding carboxylic acids is 1. The average Bonchev–Trinajstić information content (AvgIpc) is 2.75. The van der Waals surface area contributed by atoms with Crippen LogP contribution in [0.4, 0.5) is 0 Å². The van der Waals surface area contributed by atoms with Crippen LogP contribution in [0.2, 0.25) is 0 Å². The maximum atomic E-state index is 13.7. The molecule has 8 atom stereocenters. The molecule has 9 nitrogen and oxygen atoms in total. The number of rotatable bonds is 6. The first-order chi connectivity index (χ1) is 15.0. The second-order valence-corrected chi connectivity index (χ2v) is 10.2. The normalized spacial score (nSPS) is 40.5. The van der Waals surface area contributed by atoms with Gasteiger partial charge in [-0.25, -0.2) is 0 Å². The van der Waals surface area contributed by atoms with Crippen molar-refractivity contribution in [2.24, 2.45) is 17.4 Å². The SMILES string of the molecule is CCC1CCN2CC(Cl)CN1C2C(C(=O)NC1CNCCC1N1CCNCC1)C(N)N. The molecular formula is C21H41ClN8O. The van der Waals surface area contributed by atoms with Crippen molar-refractivity contribution in [3.8, 4) is 0 Å². The van der Waals surface area contributed by atoms with Crippen LogP contribution in [-0.4, -0.2) is 115 Å². The number of halogens is 1. The molecular weight excluding hydrogens is 416 g/mol. The van der Waals surface area contributed by atoms with Crippen LogP contribution in [0.25, 0.3) is 0 Å². The van der Waals surface area contributed by atoms with Crippen molar-refractivity contribution in [3.05, 3.63) is 0 Å². The Bertz CT molecular complexity index is 604. The zero-order valence-corrected chi connectivity index (χ0v) is 19.6. The highest BCUT2D eigenvalue weighted by Crippen LogP contribution is 2.33. The van der Waals surface area contributed by atoms with Crippen LogP contribution in [0.5, 0.6) is 0 Å². The third-order valence-electron chi connectivity index (χ3n) is 7.68. The summed E-state index contributed by atoms with van der Waals surface area (Å²) in [4.78, 5) is 20.9. The van der Waals surface area contributed by atoms with Crippen molar-refractivity contribution in [1.29, 1.82) is 0 Å². The quantitative estimate of drug-likeness (QED) is 0.238.